The van der Waals surface area contributed by atoms with Crippen molar-refractivity contribution in [3.05, 3.63) is 0 Å². The number of rotatable bonds is 4. The van der Waals surface area contributed by atoms with Gasteiger partial charge in [-0.1, -0.05) is 12.2 Å². The SMILES string of the molecule is CC(C(N)=S)N(C)CC(C)(C)O. The maximum absolute atomic E-state index is 9.49. The minimum absolute atomic E-state index is 0.0337. The van der Waals surface area contributed by atoms with E-state index in [1.807, 2.05) is 18.9 Å². The molecule has 3 nitrogen and oxygen atoms in total. The van der Waals surface area contributed by atoms with E-state index in [1.54, 1.807) is 13.8 Å². The largest absolute Gasteiger partial charge is 0.392 e. The smallest absolute Gasteiger partial charge is 0.0899 e. The molecule has 0 saturated heterocycles. The van der Waals surface area contributed by atoms with E-state index in [0.29, 0.717) is 11.5 Å². The van der Waals surface area contributed by atoms with Gasteiger partial charge in [0.05, 0.1) is 16.6 Å². The number of nitrogens with two attached hydrogens (primary N) is 1. The van der Waals surface area contributed by atoms with Gasteiger partial charge in [0.15, 0.2) is 0 Å². The van der Waals surface area contributed by atoms with Crippen LogP contribution in [0, 0.1) is 0 Å². The first kappa shape index (κ1) is 11.8. The predicted octanol–water partition coefficient (Wildman–Crippen LogP) is 0.364. The van der Waals surface area contributed by atoms with E-state index in [2.05, 4.69) is 0 Å². The molecule has 0 bridgehead atoms. The molecule has 3 N–H and O–H groups in total. The highest BCUT2D eigenvalue weighted by Crippen LogP contribution is 2.06. The van der Waals surface area contributed by atoms with Crippen LogP contribution in [-0.2, 0) is 0 Å². The second-order valence-corrected chi connectivity index (χ2v) is 4.28. The Labute approximate surface area is 79.5 Å². The van der Waals surface area contributed by atoms with Crippen LogP contribution in [0.4, 0.5) is 0 Å². The highest BCUT2D eigenvalue weighted by atomic mass is 32.1. The van der Waals surface area contributed by atoms with Gasteiger partial charge >= 0.3 is 0 Å². The van der Waals surface area contributed by atoms with Gasteiger partial charge < -0.3 is 10.8 Å². The number of likely N-dealkylation sites (N-methyl/N-ethyl adjacent to an activating group) is 1. The lowest BCUT2D eigenvalue weighted by Gasteiger charge is -2.29. The van der Waals surface area contributed by atoms with Crippen LogP contribution in [0.1, 0.15) is 20.8 Å². The maximum atomic E-state index is 9.49. The number of aliphatic hydroxyl groups is 1. The molecule has 0 aromatic carbocycles. The lowest BCUT2D eigenvalue weighted by molar-refractivity contribution is 0.0410. The molecular weight excluding hydrogens is 172 g/mol. The Morgan fingerprint density at radius 2 is 2.08 bits per heavy atom. The molecule has 0 fully saturated rings. The van der Waals surface area contributed by atoms with Crippen molar-refractivity contribution in [3.8, 4) is 0 Å². The van der Waals surface area contributed by atoms with Crippen molar-refractivity contribution in [2.75, 3.05) is 13.6 Å². The van der Waals surface area contributed by atoms with Gasteiger partial charge in [-0.25, -0.2) is 0 Å². The van der Waals surface area contributed by atoms with E-state index >= 15 is 0 Å². The molecule has 0 radical (unpaired) electrons. The van der Waals surface area contributed by atoms with Crippen molar-refractivity contribution in [3.63, 3.8) is 0 Å². The molecule has 0 aromatic heterocycles. The minimum atomic E-state index is -0.701. The van der Waals surface area contributed by atoms with Crippen molar-refractivity contribution in [2.45, 2.75) is 32.4 Å². The number of hydrogen-bond donors (Lipinski definition) is 2. The summed E-state index contributed by atoms with van der Waals surface area (Å²) in [4.78, 5) is 2.39. The van der Waals surface area contributed by atoms with Crippen molar-refractivity contribution in [2.24, 2.45) is 5.73 Å². The summed E-state index contributed by atoms with van der Waals surface area (Å²) in [6, 6.07) is 0.0337. The third kappa shape index (κ3) is 4.64. The summed E-state index contributed by atoms with van der Waals surface area (Å²) in [6.07, 6.45) is 0. The van der Waals surface area contributed by atoms with Gasteiger partial charge in [-0.3, -0.25) is 4.90 Å². The van der Waals surface area contributed by atoms with Crippen molar-refractivity contribution >= 4 is 17.2 Å². The summed E-state index contributed by atoms with van der Waals surface area (Å²) < 4.78 is 0. The van der Waals surface area contributed by atoms with E-state index in [0.717, 1.165) is 0 Å². The molecule has 0 rings (SSSR count). The molecule has 0 spiro atoms. The summed E-state index contributed by atoms with van der Waals surface area (Å²) in [5.41, 5.74) is 4.76. The Morgan fingerprint density at radius 3 is 2.33 bits per heavy atom. The van der Waals surface area contributed by atoms with Crippen LogP contribution < -0.4 is 5.73 Å². The fourth-order valence-electron chi connectivity index (χ4n) is 0.964. The Kier molecular flexibility index (Phi) is 4.10. The first-order chi connectivity index (χ1) is 5.24. The summed E-state index contributed by atoms with van der Waals surface area (Å²) in [5, 5.41) is 9.49. The van der Waals surface area contributed by atoms with E-state index in [9.17, 15) is 5.11 Å². The molecule has 0 aliphatic heterocycles. The average molecular weight is 190 g/mol. The molecule has 0 amide bonds. The van der Waals surface area contributed by atoms with Gasteiger partial charge in [0.25, 0.3) is 0 Å². The van der Waals surface area contributed by atoms with Crippen LogP contribution in [-0.4, -0.2) is 40.2 Å². The first-order valence-electron chi connectivity index (χ1n) is 3.96. The molecule has 1 unspecified atom stereocenters. The Morgan fingerprint density at radius 1 is 1.67 bits per heavy atom. The van der Waals surface area contributed by atoms with Crippen LogP contribution in [0.25, 0.3) is 0 Å². The van der Waals surface area contributed by atoms with E-state index in [1.165, 1.54) is 0 Å². The predicted molar refractivity (Wildman–Crippen MR) is 55.2 cm³/mol. The topological polar surface area (TPSA) is 49.5 Å². The Bertz CT molecular complexity index is 165. The lowest BCUT2D eigenvalue weighted by atomic mass is 10.1. The molecule has 0 aliphatic carbocycles. The standard InChI is InChI=1S/C8H18N2OS/c1-6(7(9)12)10(4)5-8(2,3)11/h6,11H,5H2,1-4H3,(H2,9,12). The summed E-state index contributed by atoms with van der Waals surface area (Å²) in [6.45, 7) is 6.01. The molecule has 0 aromatic rings. The normalized spacial score (nSPS) is 14.8. The van der Waals surface area contributed by atoms with Crippen LogP contribution in [0.5, 0.6) is 0 Å². The van der Waals surface area contributed by atoms with Crippen molar-refractivity contribution in [1.82, 2.24) is 4.90 Å². The molecule has 4 heteroatoms. The zero-order valence-electron chi connectivity index (χ0n) is 8.16. The van der Waals surface area contributed by atoms with E-state index < -0.39 is 5.60 Å². The van der Waals surface area contributed by atoms with Crippen LogP contribution >= 0.6 is 12.2 Å². The van der Waals surface area contributed by atoms with Gasteiger partial charge in [-0.2, -0.15) is 0 Å². The molecule has 0 aliphatic rings. The van der Waals surface area contributed by atoms with E-state index in [-0.39, 0.29) is 6.04 Å². The van der Waals surface area contributed by atoms with Gasteiger partial charge in [-0.05, 0) is 27.8 Å². The first-order valence-corrected chi connectivity index (χ1v) is 4.37. The van der Waals surface area contributed by atoms with Gasteiger partial charge in [0.2, 0.25) is 0 Å². The fourth-order valence-corrected chi connectivity index (χ4v) is 1.14. The highest BCUT2D eigenvalue weighted by molar-refractivity contribution is 7.80. The van der Waals surface area contributed by atoms with Crippen LogP contribution in [0.3, 0.4) is 0 Å². The molecule has 0 saturated carbocycles. The number of thiocarbonyl (C=S) groups is 1. The average Bonchev–Trinajstić information content (AvgIpc) is 1.82. The minimum Gasteiger partial charge on any atom is -0.392 e. The third-order valence-electron chi connectivity index (χ3n) is 1.71. The Balaban J connectivity index is 4.04. The van der Waals surface area contributed by atoms with Gasteiger partial charge in [-0.15, -0.1) is 0 Å². The molecule has 0 heterocycles. The van der Waals surface area contributed by atoms with E-state index in [4.69, 9.17) is 18.0 Å². The van der Waals surface area contributed by atoms with Gasteiger partial charge in [0, 0.05) is 6.54 Å². The zero-order valence-corrected chi connectivity index (χ0v) is 8.98. The quantitative estimate of drug-likeness (QED) is 0.629. The fraction of sp³-hybridized carbons (Fsp3) is 0.875. The second-order valence-electron chi connectivity index (χ2n) is 3.81. The number of nitrogens with zero attached hydrogens (tertiary/aromatic N) is 1. The monoisotopic (exact) mass is 190 g/mol. The zero-order chi connectivity index (χ0) is 9.94. The maximum Gasteiger partial charge on any atom is 0.0899 e. The summed E-state index contributed by atoms with van der Waals surface area (Å²) >= 11 is 4.84. The van der Waals surface area contributed by atoms with Gasteiger partial charge in [0.1, 0.15) is 0 Å². The highest BCUT2D eigenvalue weighted by Gasteiger charge is 2.20. The number of hydrogen-bond acceptors (Lipinski definition) is 3. The molecular formula is C8H18N2OS. The Hall–Kier alpha value is -0.190. The molecule has 12 heavy (non-hydrogen) atoms. The van der Waals surface area contributed by atoms with Crippen molar-refractivity contribution in [1.29, 1.82) is 0 Å². The van der Waals surface area contributed by atoms with Crippen molar-refractivity contribution < 1.29 is 5.11 Å². The second kappa shape index (κ2) is 4.16. The lowest BCUT2D eigenvalue weighted by Crippen LogP contribution is -2.45. The van der Waals surface area contributed by atoms with Crippen LogP contribution in [0.15, 0.2) is 0 Å². The third-order valence-corrected chi connectivity index (χ3v) is 2.05. The van der Waals surface area contributed by atoms with Crippen LogP contribution in [0.2, 0.25) is 0 Å². The summed E-state index contributed by atoms with van der Waals surface area (Å²) in [5.74, 6) is 0. The molecule has 1 atom stereocenters. The molecule has 72 valence electrons. The summed E-state index contributed by atoms with van der Waals surface area (Å²) in [7, 11) is 1.89.